The molecule has 0 saturated carbocycles. The molecule has 0 aliphatic rings. The second-order valence-corrected chi connectivity index (χ2v) is 7.42. The Balaban J connectivity index is 2.12. The highest BCUT2D eigenvalue weighted by Gasteiger charge is 2.16. The van der Waals surface area contributed by atoms with Crippen LogP contribution in [0, 0.1) is 6.92 Å². The van der Waals surface area contributed by atoms with Crippen LogP contribution in [0.3, 0.4) is 0 Å². The van der Waals surface area contributed by atoms with Crippen LogP contribution in [0.4, 0.5) is 0 Å². The van der Waals surface area contributed by atoms with E-state index in [9.17, 15) is 9.59 Å². The Bertz CT molecular complexity index is 1050. The molecule has 3 aromatic rings. The third kappa shape index (κ3) is 4.17. The molecule has 1 aromatic heterocycles. The fourth-order valence-electron chi connectivity index (χ4n) is 2.71. The monoisotopic (exact) mass is 401 g/mol. The number of para-hydroxylation sites is 1. The molecule has 1 N–H and O–H groups in total. The lowest BCUT2D eigenvalue weighted by Crippen LogP contribution is -2.27. The fraction of sp³-hybridized carbons (Fsp3) is 0.250. The van der Waals surface area contributed by atoms with Crippen molar-refractivity contribution in [3.05, 3.63) is 63.4 Å². The van der Waals surface area contributed by atoms with E-state index >= 15 is 0 Å². The van der Waals surface area contributed by atoms with Crippen molar-refractivity contribution >= 4 is 40.2 Å². The number of thioether (sulfide) groups is 1. The molecule has 0 aliphatic heterocycles. The molecular weight excluding hydrogens is 382 g/mol. The van der Waals surface area contributed by atoms with E-state index in [1.54, 1.807) is 28.8 Å². The van der Waals surface area contributed by atoms with Gasteiger partial charge in [0, 0.05) is 11.6 Å². The van der Waals surface area contributed by atoms with E-state index in [1.165, 1.54) is 11.8 Å². The molecule has 0 aliphatic carbocycles. The molecule has 0 fully saturated rings. The summed E-state index contributed by atoms with van der Waals surface area (Å²) >= 11 is 7.51. The smallest absolute Gasteiger partial charge is 0.266 e. The lowest BCUT2D eigenvalue weighted by molar-refractivity contribution is -0.118. The summed E-state index contributed by atoms with van der Waals surface area (Å²) in [7, 11) is 0. The van der Waals surface area contributed by atoms with E-state index in [4.69, 9.17) is 11.6 Å². The van der Waals surface area contributed by atoms with Crippen LogP contribution in [0.2, 0.25) is 5.02 Å². The van der Waals surface area contributed by atoms with Crippen LogP contribution in [0.1, 0.15) is 18.9 Å². The standard InChI is InChI=1S/C20H20ClN3O2S/c1-3-11-22-18(25)12-27-20-23-16-9-5-4-7-14(16)19(26)24(20)17-10-6-8-15(21)13(17)2/h4-10H,3,11-12H2,1-2H3,(H,22,25). The molecule has 0 unspecified atom stereocenters. The number of carbonyl (C=O) groups is 1. The Morgan fingerprint density at radius 1 is 1.22 bits per heavy atom. The number of aromatic nitrogens is 2. The maximum Gasteiger partial charge on any atom is 0.266 e. The molecule has 140 valence electrons. The van der Waals surface area contributed by atoms with Gasteiger partial charge in [-0.1, -0.05) is 48.5 Å². The molecule has 0 bridgehead atoms. The highest BCUT2D eigenvalue weighted by atomic mass is 35.5. The van der Waals surface area contributed by atoms with Gasteiger partial charge in [0.15, 0.2) is 5.16 Å². The zero-order valence-electron chi connectivity index (χ0n) is 15.2. The van der Waals surface area contributed by atoms with Gasteiger partial charge in [0.05, 0.1) is 22.3 Å². The maximum absolute atomic E-state index is 13.2. The summed E-state index contributed by atoms with van der Waals surface area (Å²) in [6.07, 6.45) is 0.872. The summed E-state index contributed by atoms with van der Waals surface area (Å²) in [6.45, 7) is 4.49. The van der Waals surface area contributed by atoms with Gasteiger partial charge < -0.3 is 5.32 Å². The number of hydrogen-bond donors (Lipinski definition) is 1. The molecular formula is C20H20ClN3O2S. The predicted molar refractivity (Wildman–Crippen MR) is 111 cm³/mol. The maximum atomic E-state index is 13.2. The predicted octanol–water partition coefficient (Wildman–Crippen LogP) is 3.97. The van der Waals surface area contributed by atoms with Gasteiger partial charge in [-0.15, -0.1) is 0 Å². The van der Waals surface area contributed by atoms with Gasteiger partial charge in [-0.25, -0.2) is 4.98 Å². The lowest BCUT2D eigenvalue weighted by atomic mass is 10.2. The largest absolute Gasteiger partial charge is 0.355 e. The summed E-state index contributed by atoms with van der Waals surface area (Å²) in [4.78, 5) is 29.9. The summed E-state index contributed by atoms with van der Waals surface area (Å²) in [5, 5.41) is 4.40. The molecule has 5 nitrogen and oxygen atoms in total. The van der Waals surface area contributed by atoms with Crippen LogP contribution < -0.4 is 10.9 Å². The van der Waals surface area contributed by atoms with Gasteiger partial charge in [0.2, 0.25) is 5.91 Å². The number of amides is 1. The average Bonchev–Trinajstić information content (AvgIpc) is 2.67. The normalized spacial score (nSPS) is 10.9. The van der Waals surface area contributed by atoms with Crippen molar-refractivity contribution in [2.24, 2.45) is 0 Å². The second kappa shape index (κ2) is 8.59. The Labute approximate surface area is 166 Å². The van der Waals surface area contributed by atoms with Crippen molar-refractivity contribution in [2.75, 3.05) is 12.3 Å². The molecule has 1 heterocycles. The minimum Gasteiger partial charge on any atom is -0.355 e. The third-order valence-corrected chi connectivity index (χ3v) is 5.48. The van der Waals surface area contributed by atoms with Gasteiger partial charge in [0.1, 0.15) is 0 Å². The molecule has 0 radical (unpaired) electrons. The van der Waals surface area contributed by atoms with Crippen molar-refractivity contribution in [1.29, 1.82) is 0 Å². The van der Waals surface area contributed by atoms with Crippen molar-refractivity contribution < 1.29 is 4.79 Å². The van der Waals surface area contributed by atoms with Gasteiger partial charge >= 0.3 is 0 Å². The van der Waals surface area contributed by atoms with E-state index < -0.39 is 0 Å². The van der Waals surface area contributed by atoms with Crippen molar-refractivity contribution in [1.82, 2.24) is 14.9 Å². The Morgan fingerprint density at radius 3 is 2.78 bits per heavy atom. The molecule has 0 spiro atoms. The van der Waals surface area contributed by atoms with Crippen molar-refractivity contribution in [3.63, 3.8) is 0 Å². The summed E-state index contributed by atoms with van der Waals surface area (Å²) in [5.74, 6) is 0.100. The number of hydrogen-bond acceptors (Lipinski definition) is 4. The number of carbonyl (C=O) groups excluding carboxylic acids is 1. The van der Waals surface area contributed by atoms with Gasteiger partial charge in [-0.2, -0.15) is 0 Å². The molecule has 3 rings (SSSR count). The van der Waals surface area contributed by atoms with Crippen LogP contribution >= 0.6 is 23.4 Å². The summed E-state index contributed by atoms with van der Waals surface area (Å²) in [6, 6.07) is 12.6. The highest BCUT2D eigenvalue weighted by Crippen LogP contribution is 2.26. The van der Waals surface area contributed by atoms with Crippen molar-refractivity contribution in [3.8, 4) is 5.69 Å². The van der Waals surface area contributed by atoms with E-state index in [0.29, 0.717) is 33.3 Å². The molecule has 2 aromatic carbocycles. The Morgan fingerprint density at radius 2 is 2.00 bits per heavy atom. The van der Waals surface area contributed by atoms with Crippen LogP contribution in [-0.4, -0.2) is 27.8 Å². The van der Waals surface area contributed by atoms with Crippen LogP contribution in [0.5, 0.6) is 0 Å². The average molecular weight is 402 g/mol. The van der Waals surface area contributed by atoms with Gasteiger partial charge in [-0.05, 0) is 43.2 Å². The number of rotatable bonds is 6. The molecule has 27 heavy (non-hydrogen) atoms. The lowest BCUT2D eigenvalue weighted by Gasteiger charge is -2.15. The minimum absolute atomic E-state index is 0.0846. The second-order valence-electron chi connectivity index (χ2n) is 6.07. The SMILES string of the molecule is CCCNC(=O)CSc1nc2ccccc2c(=O)n1-c1cccc(Cl)c1C. The molecule has 0 atom stereocenters. The molecule has 7 heteroatoms. The minimum atomic E-state index is -0.178. The van der Waals surface area contributed by atoms with Gasteiger partial charge in [0.25, 0.3) is 5.56 Å². The number of halogens is 1. The zero-order valence-corrected chi connectivity index (χ0v) is 16.7. The first-order chi connectivity index (χ1) is 13.0. The van der Waals surface area contributed by atoms with E-state index in [-0.39, 0.29) is 17.2 Å². The molecule has 1 amide bonds. The summed E-state index contributed by atoms with van der Waals surface area (Å²) < 4.78 is 1.54. The Hall–Kier alpha value is -2.31. The van der Waals surface area contributed by atoms with Crippen molar-refractivity contribution in [2.45, 2.75) is 25.4 Å². The van der Waals surface area contributed by atoms with E-state index in [1.807, 2.05) is 32.0 Å². The molecule has 0 saturated heterocycles. The van der Waals surface area contributed by atoms with Crippen LogP contribution in [0.15, 0.2) is 52.4 Å². The summed E-state index contributed by atoms with van der Waals surface area (Å²) in [5.41, 5.74) is 1.88. The van der Waals surface area contributed by atoms with Crippen LogP contribution in [-0.2, 0) is 4.79 Å². The fourth-order valence-corrected chi connectivity index (χ4v) is 3.71. The first-order valence-corrected chi connectivity index (χ1v) is 10.1. The zero-order chi connectivity index (χ0) is 19.4. The van der Waals surface area contributed by atoms with Gasteiger partial charge in [-0.3, -0.25) is 14.2 Å². The number of benzene rings is 2. The topological polar surface area (TPSA) is 64.0 Å². The van der Waals surface area contributed by atoms with E-state index in [0.717, 1.165) is 12.0 Å². The number of nitrogens with one attached hydrogen (secondary N) is 1. The first-order valence-electron chi connectivity index (χ1n) is 8.69. The number of fused-ring (bicyclic) bond motifs is 1. The van der Waals surface area contributed by atoms with E-state index in [2.05, 4.69) is 10.3 Å². The highest BCUT2D eigenvalue weighted by molar-refractivity contribution is 7.99. The third-order valence-electron chi connectivity index (χ3n) is 4.13. The quantitative estimate of drug-likeness (QED) is 0.501. The van der Waals surface area contributed by atoms with Crippen LogP contribution in [0.25, 0.3) is 16.6 Å². The Kier molecular flexibility index (Phi) is 6.19. The number of nitrogens with zero attached hydrogens (tertiary/aromatic N) is 2. The first kappa shape index (κ1) is 19.5.